The Hall–Kier alpha value is -2.56. The Labute approximate surface area is 238 Å². The Morgan fingerprint density at radius 1 is 1.26 bits per heavy atom. The van der Waals surface area contributed by atoms with E-state index in [0.717, 1.165) is 30.8 Å². The molecule has 3 aromatic heterocycles. The van der Waals surface area contributed by atoms with Crippen molar-refractivity contribution in [2.75, 3.05) is 17.1 Å². The van der Waals surface area contributed by atoms with Gasteiger partial charge in [-0.1, -0.05) is 11.6 Å². The van der Waals surface area contributed by atoms with E-state index in [0.29, 0.717) is 16.9 Å². The summed E-state index contributed by atoms with van der Waals surface area (Å²) in [6.07, 6.45) is 6.83. The summed E-state index contributed by atoms with van der Waals surface area (Å²) in [6.45, 7) is 7.95. The van der Waals surface area contributed by atoms with Crippen molar-refractivity contribution in [2.45, 2.75) is 52.2 Å². The molecular weight excluding hydrogens is 571 g/mol. The number of anilines is 1. The van der Waals surface area contributed by atoms with E-state index < -0.39 is 22.4 Å². The first-order valence-electron chi connectivity index (χ1n) is 11.7. The summed E-state index contributed by atoms with van der Waals surface area (Å²) in [6, 6.07) is 2.95. The predicted molar refractivity (Wildman–Crippen MR) is 144 cm³/mol. The Morgan fingerprint density at radius 3 is 2.61 bits per heavy atom. The van der Waals surface area contributed by atoms with Gasteiger partial charge in [0.05, 0.1) is 28.1 Å². The number of rotatable bonds is 4. The van der Waals surface area contributed by atoms with Crippen LogP contribution in [0.15, 0.2) is 24.5 Å². The molecule has 0 bridgehead atoms. The molecule has 38 heavy (non-hydrogen) atoms. The van der Waals surface area contributed by atoms with Gasteiger partial charge >= 0.3 is 0 Å². The molecule has 0 spiro atoms. The number of imidazole rings is 1. The molecule has 1 aliphatic rings. The van der Waals surface area contributed by atoms with E-state index in [9.17, 15) is 13.7 Å². The first-order chi connectivity index (χ1) is 17.4. The van der Waals surface area contributed by atoms with Crippen LogP contribution in [0, 0.1) is 5.82 Å². The number of aromatic amines is 1. The third-order valence-corrected chi connectivity index (χ3v) is 7.17. The van der Waals surface area contributed by atoms with Gasteiger partial charge in [-0.2, -0.15) is 5.10 Å². The van der Waals surface area contributed by atoms with Crippen LogP contribution in [-0.4, -0.2) is 51.8 Å². The van der Waals surface area contributed by atoms with E-state index >= 15 is 0 Å². The van der Waals surface area contributed by atoms with Crippen molar-refractivity contribution in [1.29, 1.82) is 0 Å². The minimum absolute atomic E-state index is 0. The van der Waals surface area contributed by atoms with Crippen LogP contribution >= 0.6 is 11.6 Å². The van der Waals surface area contributed by atoms with Gasteiger partial charge in [-0.05, 0) is 64.4 Å². The number of halogens is 2. The molecule has 10 nitrogen and oxygen atoms in total. The first-order valence-corrected chi connectivity index (χ1v) is 13.6. The van der Waals surface area contributed by atoms with Crippen LogP contribution in [-0.2, 0) is 40.4 Å². The van der Waals surface area contributed by atoms with Crippen molar-refractivity contribution in [3.8, 4) is 11.3 Å². The van der Waals surface area contributed by atoms with Gasteiger partial charge in [-0.25, -0.2) is 13.6 Å². The van der Waals surface area contributed by atoms with E-state index in [-0.39, 0.29) is 45.6 Å². The van der Waals surface area contributed by atoms with E-state index in [1.54, 1.807) is 36.9 Å². The number of benzene rings is 1. The molecule has 204 valence electrons. The summed E-state index contributed by atoms with van der Waals surface area (Å²) in [7, 11) is -0.918. The Kier molecular flexibility index (Phi) is 9.21. The normalized spacial score (nSPS) is 14.1. The molecule has 0 radical (unpaired) electrons. The summed E-state index contributed by atoms with van der Waals surface area (Å²) >= 11 is 6.12. The molecule has 0 fully saturated rings. The molecule has 4 heterocycles. The zero-order chi connectivity index (χ0) is 27.1. The van der Waals surface area contributed by atoms with Crippen LogP contribution in [0.4, 0.5) is 16.0 Å². The molecule has 1 aromatic carbocycles. The van der Waals surface area contributed by atoms with Gasteiger partial charge in [0.15, 0.2) is 5.82 Å². The zero-order valence-corrected chi connectivity index (χ0v) is 24.5. The van der Waals surface area contributed by atoms with Gasteiger partial charge < -0.3 is 25.4 Å². The molecule has 0 aliphatic carbocycles. The van der Waals surface area contributed by atoms with Crippen molar-refractivity contribution in [2.24, 2.45) is 0 Å². The van der Waals surface area contributed by atoms with Crippen LogP contribution in [0.2, 0.25) is 5.02 Å². The van der Waals surface area contributed by atoms with Gasteiger partial charge in [-0.15, -0.1) is 0 Å². The molecule has 0 saturated heterocycles. The topological polar surface area (TPSA) is 137 Å². The second-order valence-electron chi connectivity index (χ2n) is 9.54. The fourth-order valence-electron chi connectivity index (χ4n) is 4.31. The van der Waals surface area contributed by atoms with Crippen LogP contribution in [0.3, 0.4) is 0 Å². The standard InChI is InChI=1S/C17H18ClFN5O.C7H11N3OS.Cr/c1-8(2)24-12-6-9(13-10(18)7-21-16(20)23-13)5-11(19)14(12)22-15(24)17(3,4)25;1-12(11)10-4-2-3-6-7(10)5-8-9-6;/h5-8,25H,1-4H3,(H-,20,21,23);5H,2-4H2,1H3,(H,8,9);/q-1;;. The first kappa shape index (κ1) is 30.0. The smallest absolute Gasteiger partial charge is 0.151 e. The molecule has 0 amide bonds. The minimum atomic E-state index is -1.23. The van der Waals surface area contributed by atoms with Crippen molar-refractivity contribution < 1.29 is 31.1 Å². The van der Waals surface area contributed by atoms with E-state index in [2.05, 4.69) is 25.1 Å². The Bertz CT molecular complexity index is 1470. The second kappa shape index (κ2) is 11.7. The van der Waals surface area contributed by atoms with Gasteiger partial charge in [0.1, 0.15) is 27.9 Å². The third kappa shape index (κ3) is 6.02. The quantitative estimate of drug-likeness (QED) is 0.329. The molecule has 1 aliphatic heterocycles. The second-order valence-corrected chi connectivity index (χ2v) is 11.2. The number of H-pyrrole nitrogens is 1. The number of aromatic nitrogens is 6. The van der Waals surface area contributed by atoms with Crippen molar-refractivity contribution in [3.63, 3.8) is 0 Å². The number of hydrogen-bond donors (Lipinski definition) is 2. The van der Waals surface area contributed by atoms with Crippen LogP contribution in [0.1, 0.15) is 51.7 Å². The Morgan fingerprint density at radius 2 is 1.97 bits per heavy atom. The molecule has 1 atom stereocenters. The summed E-state index contributed by atoms with van der Waals surface area (Å²) in [5, 5.41) is 17.5. The van der Waals surface area contributed by atoms with Gasteiger partial charge in [-0.3, -0.25) is 9.40 Å². The number of hydrogen-bond acceptors (Lipinski definition) is 6. The van der Waals surface area contributed by atoms with Gasteiger partial charge in [0.2, 0.25) is 0 Å². The van der Waals surface area contributed by atoms with E-state index in [1.807, 2.05) is 18.2 Å². The number of fused-ring (bicyclic) bond motifs is 2. The van der Waals surface area contributed by atoms with Crippen LogP contribution in [0.25, 0.3) is 28.0 Å². The van der Waals surface area contributed by atoms with Crippen molar-refractivity contribution >= 4 is 45.3 Å². The minimum Gasteiger partial charge on any atom is -0.410 e. The van der Waals surface area contributed by atoms with Crippen LogP contribution in [0.5, 0.6) is 0 Å². The molecule has 5 rings (SSSR count). The maximum absolute atomic E-state index is 14.7. The summed E-state index contributed by atoms with van der Waals surface area (Å²) < 4.78 is 29.6. The fraction of sp³-hybridized carbons (Fsp3) is 0.417. The number of aliphatic hydroxyl groups is 1. The largest absolute Gasteiger partial charge is 0.410 e. The van der Waals surface area contributed by atoms with Crippen molar-refractivity contribution in [1.82, 2.24) is 29.7 Å². The summed E-state index contributed by atoms with van der Waals surface area (Å²) in [4.78, 5) is 12.0. The zero-order valence-electron chi connectivity index (χ0n) is 21.6. The van der Waals surface area contributed by atoms with Crippen molar-refractivity contribution in [3.05, 3.63) is 52.6 Å². The van der Waals surface area contributed by atoms with Crippen LogP contribution < -0.4 is 4.31 Å². The number of nitrogens with zero attached hydrogens (tertiary/aromatic N) is 6. The summed E-state index contributed by atoms with van der Waals surface area (Å²) in [5.74, 6) is -0.364. The Balaban J connectivity index is 0.000000258. The molecule has 3 N–H and O–H groups in total. The molecule has 0 saturated carbocycles. The maximum Gasteiger partial charge on any atom is 0.151 e. The monoisotopic (exact) mass is 599 g/mol. The SMILES string of the molecule is CC(C)n1c(C(C)(C)O)nc2c(F)cc(-c3nc([NH-])ncc3Cl)cc21.CS(=O)N1CCCc2[nH]ncc21.[Cr]. The summed E-state index contributed by atoms with van der Waals surface area (Å²) in [5.41, 5.74) is 9.86. The van der Waals surface area contributed by atoms with E-state index in [4.69, 9.17) is 17.3 Å². The maximum atomic E-state index is 14.7. The number of nitrogens with one attached hydrogen (secondary N) is 2. The molecular formula is C24H29ClCrFN8O2S-. The molecule has 14 heteroatoms. The average Bonchev–Trinajstić information content (AvgIpc) is 3.45. The predicted octanol–water partition coefficient (Wildman–Crippen LogP) is 5.23. The molecule has 4 aromatic rings. The number of aryl methyl sites for hydroxylation is 1. The van der Waals surface area contributed by atoms with E-state index in [1.165, 1.54) is 12.3 Å². The fourth-order valence-corrected chi connectivity index (χ4v) is 5.33. The average molecular weight is 600 g/mol. The molecule has 1 unspecified atom stereocenters. The van der Waals surface area contributed by atoms with Gasteiger partial charge in [0.25, 0.3) is 0 Å². The van der Waals surface area contributed by atoms with Gasteiger partial charge in [0, 0.05) is 47.8 Å². The third-order valence-electron chi connectivity index (χ3n) is 5.89.